The summed E-state index contributed by atoms with van der Waals surface area (Å²) in [6.45, 7) is 8.90. The van der Waals surface area contributed by atoms with Gasteiger partial charge in [-0.2, -0.15) is 0 Å². The fourth-order valence-electron chi connectivity index (χ4n) is 7.20. The standard InChI is InChI=1S/C42H38N4/c1-29-25-37-38(26-30(29)2)44(34-19-11-6-12-20-34)41(43(37)33-17-9-5-10-18-33)42-45(35-21-13-7-14-22-35)39-27-31(3)32(4)28-40(39)46(42)36-23-15-8-16-24-36/h5-28,41-42H,1-4H3. The van der Waals surface area contributed by atoms with Gasteiger partial charge in [0.15, 0.2) is 12.3 Å². The summed E-state index contributed by atoms with van der Waals surface area (Å²) in [5, 5.41) is 0. The average Bonchev–Trinajstić information content (AvgIpc) is 3.58. The molecular formula is C42H38N4. The van der Waals surface area contributed by atoms with Gasteiger partial charge in [-0.05, 0) is 123 Å². The molecule has 0 aromatic heterocycles. The van der Waals surface area contributed by atoms with Gasteiger partial charge in [0.2, 0.25) is 0 Å². The maximum Gasteiger partial charge on any atom is 0.151 e. The van der Waals surface area contributed by atoms with E-state index in [9.17, 15) is 0 Å². The molecule has 0 saturated heterocycles. The largest absolute Gasteiger partial charge is 0.314 e. The fraction of sp³-hybridized carbons (Fsp3) is 0.143. The number of anilines is 8. The molecule has 0 radical (unpaired) electrons. The van der Waals surface area contributed by atoms with E-state index in [1.165, 1.54) is 67.8 Å². The molecule has 0 spiro atoms. The van der Waals surface area contributed by atoms with E-state index in [0.717, 1.165) is 0 Å². The van der Waals surface area contributed by atoms with Gasteiger partial charge in [0.05, 0.1) is 22.7 Å². The Hall–Kier alpha value is -5.48. The minimum absolute atomic E-state index is 0.144. The van der Waals surface area contributed by atoms with Crippen molar-refractivity contribution in [2.75, 3.05) is 19.6 Å². The van der Waals surface area contributed by atoms with Gasteiger partial charge in [0.25, 0.3) is 0 Å². The highest BCUT2D eigenvalue weighted by Gasteiger charge is 2.51. The first-order valence-corrected chi connectivity index (χ1v) is 16.1. The molecule has 0 saturated carbocycles. The van der Waals surface area contributed by atoms with Crippen molar-refractivity contribution in [2.45, 2.75) is 40.0 Å². The predicted octanol–water partition coefficient (Wildman–Crippen LogP) is 10.9. The second-order valence-corrected chi connectivity index (χ2v) is 12.5. The van der Waals surface area contributed by atoms with Gasteiger partial charge in [0, 0.05) is 22.7 Å². The molecule has 4 nitrogen and oxygen atoms in total. The van der Waals surface area contributed by atoms with Crippen molar-refractivity contribution < 1.29 is 0 Å². The Kier molecular flexibility index (Phi) is 6.79. The van der Waals surface area contributed by atoms with Crippen LogP contribution in [0.25, 0.3) is 0 Å². The predicted molar refractivity (Wildman–Crippen MR) is 194 cm³/mol. The molecule has 0 unspecified atom stereocenters. The van der Waals surface area contributed by atoms with Crippen LogP contribution in [0.5, 0.6) is 0 Å². The van der Waals surface area contributed by atoms with E-state index in [4.69, 9.17) is 0 Å². The summed E-state index contributed by atoms with van der Waals surface area (Å²) < 4.78 is 0. The molecule has 0 atom stereocenters. The molecule has 2 aliphatic heterocycles. The zero-order chi connectivity index (χ0) is 31.4. The van der Waals surface area contributed by atoms with Gasteiger partial charge in [-0.3, -0.25) is 0 Å². The summed E-state index contributed by atoms with van der Waals surface area (Å²) in [5.74, 6) is 0. The van der Waals surface area contributed by atoms with Gasteiger partial charge < -0.3 is 19.6 Å². The molecule has 0 aliphatic carbocycles. The molecule has 6 aromatic rings. The second-order valence-electron chi connectivity index (χ2n) is 12.5. The summed E-state index contributed by atoms with van der Waals surface area (Å²) >= 11 is 0. The molecule has 2 heterocycles. The number of aryl methyl sites for hydroxylation is 4. The lowest BCUT2D eigenvalue weighted by Gasteiger charge is -2.44. The third kappa shape index (κ3) is 4.44. The Morgan fingerprint density at radius 3 is 0.696 bits per heavy atom. The van der Waals surface area contributed by atoms with E-state index in [1.54, 1.807) is 0 Å². The number of hydrogen-bond acceptors (Lipinski definition) is 4. The Labute approximate surface area is 272 Å². The van der Waals surface area contributed by atoms with Crippen LogP contribution in [0.15, 0.2) is 146 Å². The number of hydrogen-bond donors (Lipinski definition) is 0. The quantitative estimate of drug-likeness (QED) is 0.196. The first-order chi connectivity index (χ1) is 22.5. The zero-order valence-corrected chi connectivity index (χ0v) is 26.8. The molecule has 0 fully saturated rings. The number of fused-ring (bicyclic) bond motifs is 2. The van der Waals surface area contributed by atoms with E-state index in [0.29, 0.717) is 0 Å². The Bertz CT molecular complexity index is 1720. The van der Waals surface area contributed by atoms with Crippen LogP contribution in [0.4, 0.5) is 45.5 Å². The first-order valence-electron chi connectivity index (χ1n) is 16.1. The van der Waals surface area contributed by atoms with Gasteiger partial charge >= 0.3 is 0 Å². The summed E-state index contributed by atoms with van der Waals surface area (Å²) in [6.07, 6.45) is -0.288. The van der Waals surface area contributed by atoms with Crippen LogP contribution >= 0.6 is 0 Å². The fourth-order valence-corrected chi connectivity index (χ4v) is 7.20. The topological polar surface area (TPSA) is 13.0 Å². The van der Waals surface area contributed by atoms with Gasteiger partial charge in [-0.15, -0.1) is 0 Å². The van der Waals surface area contributed by atoms with Crippen molar-refractivity contribution in [2.24, 2.45) is 0 Å². The number of rotatable bonds is 5. The zero-order valence-electron chi connectivity index (χ0n) is 26.8. The molecule has 4 heteroatoms. The maximum absolute atomic E-state index is 2.57. The smallest absolute Gasteiger partial charge is 0.151 e. The third-order valence-corrected chi connectivity index (χ3v) is 9.68. The highest BCUT2D eigenvalue weighted by molar-refractivity contribution is 5.95. The number of para-hydroxylation sites is 4. The SMILES string of the molecule is Cc1cc2c(cc1C)N(c1ccccc1)C(C1N(c3ccccc3)c3cc(C)c(C)cc3N1c1ccccc1)N2c1ccccc1. The van der Waals surface area contributed by atoms with Crippen molar-refractivity contribution in [1.29, 1.82) is 0 Å². The van der Waals surface area contributed by atoms with E-state index in [-0.39, 0.29) is 12.3 Å². The summed E-state index contributed by atoms with van der Waals surface area (Å²) in [6, 6.07) is 53.1. The lowest BCUT2D eigenvalue weighted by atomic mass is 10.1. The van der Waals surface area contributed by atoms with Crippen molar-refractivity contribution >= 4 is 45.5 Å². The Morgan fingerprint density at radius 2 is 0.500 bits per heavy atom. The minimum atomic E-state index is -0.144. The lowest BCUT2D eigenvalue weighted by molar-refractivity contribution is 0.550. The second kappa shape index (κ2) is 11.1. The van der Waals surface area contributed by atoms with E-state index in [1.807, 2.05) is 0 Å². The monoisotopic (exact) mass is 598 g/mol. The highest BCUT2D eigenvalue weighted by atomic mass is 15.5. The molecule has 8 rings (SSSR count). The number of benzene rings is 6. The average molecular weight is 599 g/mol. The minimum Gasteiger partial charge on any atom is -0.314 e. The van der Waals surface area contributed by atoms with E-state index in [2.05, 4.69) is 193 Å². The molecule has 0 amide bonds. The molecule has 0 bridgehead atoms. The van der Waals surface area contributed by atoms with Gasteiger partial charge in [0.1, 0.15) is 0 Å². The van der Waals surface area contributed by atoms with Crippen LogP contribution < -0.4 is 19.6 Å². The van der Waals surface area contributed by atoms with Crippen LogP contribution in [0.1, 0.15) is 22.3 Å². The van der Waals surface area contributed by atoms with Crippen molar-refractivity contribution in [1.82, 2.24) is 0 Å². The van der Waals surface area contributed by atoms with E-state index >= 15 is 0 Å². The highest BCUT2D eigenvalue weighted by Crippen LogP contribution is 2.56. The number of nitrogens with zero attached hydrogens (tertiary/aromatic N) is 4. The van der Waals surface area contributed by atoms with E-state index < -0.39 is 0 Å². The van der Waals surface area contributed by atoms with Crippen LogP contribution in [0, 0.1) is 27.7 Å². The lowest BCUT2D eigenvalue weighted by Crippen LogP contribution is -2.58. The van der Waals surface area contributed by atoms with Crippen LogP contribution in [-0.2, 0) is 0 Å². The van der Waals surface area contributed by atoms with Gasteiger partial charge in [-0.25, -0.2) is 0 Å². The Balaban J connectivity index is 1.47. The Morgan fingerprint density at radius 1 is 0.304 bits per heavy atom. The van der Waals surface area contributed by atoms with Crippen LogP contribution in [0.2, 0.25) is 0 Å². The normalized spacial score (nSPS) is 14.6. The summed E-state index contributed by atoms with van der Waals surface area (Å²) in [5.41, 5.74) is 14.7. The maximum atomic E-state index is 2.57. The third-order valence-electron chi connectivity index (χ3n) is 9.68. The molecule has 6 aromatic carbocycles. The summed E-state index contributed by atoms with van der Waals surface area (Å²) in [4.78, 5) is 10.3. The molecular weight excluding hydrogens is 560 g/mol. The molecule has 2 aliphatic rings. The van der Waals surface area contributed by atoms with Gasteiger partial charge in [-0.1, -0.05) is 72.8 Å². The van der Waals surface area contributed by atoms with Crippen molar-refractivity contribution in [3.05, 3.63) is 168 Å². The summed E-state index contributed by atoms with van der Waals surface area (Å²) in [7, 11) is 0. The molecule has 0 N–H and O–H groups in total. The van der Waals surface area contributed by atoms with Crippen LogP contribution in [0.3, 0.4) is 0 Å². The molecule has 46 heavy (non-hydrogen) atoms. The molecule has 226 valence electrons. The van der Waals surface area contributed by atoms with Crippen molar-refractivity contribution in [3.8, 4) is 0 Å². The van der Waals surface area contributed by atoms with Crippen LogP contribution in [-0.4, -0.2) is 12.3 Å². The first kappa shape index (κ1) is 28.0. The van der Waals surface area contributed by atoms with Crippen molar-refractivity contribution in [3.63, 3.8) is 0 Å².